The maximum Gasteiger partial charge on any atom is 0.232 e. The highest BCUT2D eigenvalue weighted by Gasteiger charge is 2.21. The van der Waals surface area contributed by atoms with Crippen molar-refractivity contribution in [3.05, 3.63) is 53.2 Å². The number of anilines is 3. The van der Waals surface area contributed by atoms with Gasteiger partial charge in [0.15, 0.2) is 5.11 Å². The average Bonchev–Trinajstić information content (AvgIpc) is 3.20. The highest BCUT2D eigenvalue weighted by atomic mass is 35.5. The van der Waals surface area contributed by atoms with Crippen LogP contribution in [0.25, 0.3) is 11.3 Å². The molecule has 196 valence electrons. The monoisotopic (exact) mass is 538 g/mol. The lowest BCUT2D eigenvalue weighted by Crippen LogP contribution is -2.36. The summed E-state index contributed by atoms with van der Waals surface area (Å²) in [6, 6.07) is 13.7. The van der Waals surface area contributed by atoms with Crippen LogP contribution in [0, 0.1) is 5.92 Å². The summed E-state index contributed by atoms with van der Waals surface area (Å²) in [5, 5.41) is 7.64. The van der Waals surface area contributed by atoms with Gasteiger partial charge < -0.3 is 24.9 Å². The van der Waals surface area contributed by atoms with Crippen molar-refractivity contribution in [1.82, 2.24) is 15.3 Å². The first-order valence-corrected chi connectivity index (χ1v) is 14.1. The van der Waals surface area contributed by atoms with Crippen molar-refractivity contribution in [1.29, 1.82) is 0 Å². The Labute approximate surface area is 229 Å². The highest BCUT2D eigenvalue weighted by molar-refractivity contribution is 7.80. The van der Waals surface area contributed by atoms with E-state index in [4.69, 9.17) is 38.2 Å². The highest BCUT2D eigenvalue weighted by Crippen LogP contribution is 2.27. The second-order valence-electron chi connectivity index (χ2n) is 10.1. The number of thiocarbonyl (C=S) groups is 1. The second-order valence-corrected chi connectivity index (χ2v) is 10.9. The first-order valence-electron chi connectivity index (χ1n) is 13.3. The zero-order valence-corrected chi connectivity index (χ0v) is 23.0. The van der Waals surface area contributed by atoms with Gasteiger partial charge in [0.05, 0.1) is 6.54 Å². The van der Waals surface area contributed by atoms with Gasteiger partial charge in [0.2, 0.25) is 5.95 Å². The predicted octanol–water partition coefficient (Wildman–Crippen LogP) is 6.49. The zero-order valence-electron chi connectivity index (χ0n) is 21.4. The predicted molar refractivity (Wildman–Crippen MR) is 156 cm³/mol. The topological polar surface area (TPSA) is 69.5 Å². The molecule has 0 bridgehead atoms. The summed E-state index contributed by atoms with van der Waals surface area (Å²) in [5.74, 6) is 4.74. The number of hydrogen-bond donors (Lipinski definition) is 2. The largest absolute Gasteiger partial charge is 0.459 e. The summed E-state index contributed by atoms with van der Waals surface area (Å²) in [7, 11) is 0. The summed E-state index contributed by atoms with van der Waals surface area (Å²) in [5.41, 5.74) is 0.981. The summed E-state index contributed by atoms with van der Waals surface area (Å²) >= 11 is 11.6. The molecule has 1 atom stereocenters. The second kappa shape index (κ2) is 12.1. The summed E-state index contributed by atoms with van der Waals surface area (Å²) in [6.07, 6.45) is 7.42. The number of aromatic nitrogens is 2. The molecular formula is C28H35ClN6OS. The minimum atomic E-state index is 0.460. The third-order valence-corrected chi connectivity index (χ3v) is 7.55. The standard InChI is InChI=1S/C28H35ClN6OS/c1-20-7-6-16-35(19-20)26-17-25(34-14-4-2-3-5-15-34)31-27(32-26)33-28(37)30-18-23-12-13-24(36-23)21-8-10-22(29)11-9-21/h8-13,17,20H,2-7,14-16,18-19H2,1H3,(H2,30,31,32,33,37). The molecular weight excluding hydrogens is 504 g/mol. The summed E-state index contributed by atoms with van der Waals surface area (Å²) < 4.78 is 5.99. The van der Waals surface area contributed by atoms with Crippen molar-refractivity contribution in [2.45, 2.75) is 52.0 Å². The van der Waals surface area contributed by atoms with Crippen LogP contribution in [-0.2, 0) is 6.54 Å². The van der Waals surface area contributed by atoms with E-state index in [1.807, 2.05) is 36.4 Å². The Morgan fingerprint density at radius 3 is 2.41 bits per heavy atom. The number of halogens is 1. The third-order valence-electron chi connectivity index (χ3n) is 7.05. The van der Waals surface area contributed by atoms with Crippen LogP contribution < -0.4 is 20.4 Å². The average molecular weight is 539 g/mol. The van der Waals surface area contributed by atoms with Crippen molar-refractivity contribution in [2.24, 2.45) is 5.92 Å². The number of hydrogen-bond acceptors (Lipinski definition) is 6. The molecule has 1 aromatic carbocycles. The molecule has 0 amide bonds. The number of furan rings is 1. The molecule has 2 aromatic heterocycles. The van der Waals surface area contributed by atoms with Gasteiger partial charge >= 0.3 is 0 Å². The number of nitrogens with zero attached hydrogens (tertiary/aromatic N) is 4. The van der Waals surface area contributed by atoms with E-state index in [1.54, 1.807) is 0 Å². The van der Waals surface area contributed by atoms with Crippen LogP contribution in [-0.4, -0.2) is 41.3 Å². The number of nitrogens with one attached hydrogen (secondary N) is 2. The van der Waals surface area contributed by atoms with Crippen molar-refractivity contribution >= 4 is 46.5 Å². The molecule has 2 saturated heterocycles. The fourth-order valence-electron chi connectivity index (χ4n) is 5.05. The molecule has 1 unspecified atom stereocenters. The number of piperidine rings is 1. The maximum atomic E-state index is 6.00. The van der Waals surface area contributed by atoms with Crippen LogP contribution >= 0.6 is 23.8 Å². The molecule has 2 aliphatic heterocycles. The minimum Gasteiger partial charge on any atom is -0.459 e. The molecule has 5 rings (SSSR count). The minimum absolute atomic E-state index is 0.460. The Bertz CT molecular complexity index is 1170. The Hall–Kier alpha value is -2.84. The Kier molecular flexibility index (Phi) is 8.46. The number of rotatable bonds is 6. The van der Waals surface area contributed by atoms with E-state index in [0.29, 0.717) is 28.5 Å². The fourth-order valence-corrected chi connectivity index (χ4v) is 5.34. The molecule has 37 heavy (non-hydrogen) atoms. The smallest absolute Gasteiger partial charge is 0.232 e. The lowest BCUT2D eigenvalue weighted by Gasteiger charge is -2.33. The van der Waals surface area contributed by atoms with Gasteiger partial charge in [-0.1, -0.05) is 31.4 Å². The Morgan fingerprint density at radius 2 is 1.68 bits per heavy atom. The fraction of sp³-hybridized carbons (Fsp3) is 0.464. The van der Waals surface area contributed by atoms with Crippen LogP contribution in [0.4, 0.5) is 17.6 Å². The van der Waals surface area contributed by atoms with Gasteiger partial charge in [-0.3, -0.25) is 0 Å². The van der Waals surface area contributed by atoms with Gasteiger partial charge in [-0.2, -0.15) is 9.97 Å². The zero-order chi connectivity index (χ0) is 25.6. The summed E-state index contributed by atoms with van der Waals surface area (Å²) in [6.45, 7) is 6.88. The molecule has 3 aromatic rings. The normalized spacial score (nSPS) is 18.4. The van der Waals surface area contributed by atoms with Crippen LogP contribution in [0.1, 0.15) is 51.2 Å². The van der Waals surface area contributed by atoms with Crippen molar-refractivity contribution in [2.75, 3.05) is 41.3 Å². The van der Waals surface area contributed by atoms with Crippen molar-refractivity contribution < 1.29 is 4.42 Å². The molecule has 0 saturated carbocycles. The van der Waals surface area contributed by atoms with Gasteiger partial charge in [-0.05, 0) is 80.2 Å². The van der Waals surface area contributed by atoms with Crippen LogP contribution in [0.2, 0.25) is 5.02 Å². The van der Waals surface area contributed by atoms with Crippen molar-refractivity contribution in [3.8, 4) is 11.3 Å². The lowest BCUT2D eigenvalue weighted by molar-refractivity contribution is 0.444. The molecule has 0 aliphatic carbocycles. The molecule has 2 N–H and O–H groups in total. The van der Waals surface area contributed by atoms with Gasteiger partial charge in [-0.25, -0.2) is 0 Å². The van der Waals surface area contributed by atoms with E-state index < -0.39 is 0 Å². The van der Waals surface area contributed by atoms with Crippen LogP contribution in [0.3, 0.4) is 0 Å². The van der Waals surface area contributed by atoms with Crippen LogP contribution in [0.15, 0.2) is 46.9 Å². The van der Waals surface area contributed by atoms with Gasteiger partial charge in [0, 0.05) is 42.8 Å². The quantitative estimate of drug-likeness (QED) is 0.345. The molecule has 9 heteroatoms. The Morgan fingerprint density at radius 1 is 0.973 bits per heavy atom. The molecule has 0 spiro atoms. The van der Waals surface area contributed by atoms with E-state index in [1.165, 1.54) is 38.5 Å². The van der Waals surface area contributed by atoms with Crippen LogP contribution in [0.5, 0.6) is 0 Å². The molecule has 7 nitrogen and oxygen atoms in total. The van der Waals surface area contributed by atoms with E-state index in [0.717, 1.165) is 54.9 Å². The third kappa shape index (κ3) is 6.93. The number of benzene rings is 1. The van der Waals surface area contributed by atoms with E-state index in [-0.39, 0.29) is 0 Å². The van der Waals surface area contributed by atoms with E-state index in [9.17, 15) is 0 Å². The summed E-state index contributed by atoms with van der Waals surface area (Å²) in [4.78, 5) is 14.5. The first-order chi connectivity index (χ1) is 18.0. The maximum absolute atomic E-state index is 6.00. The lowest BCUT2D eigenvalue weighted by atomic mass is 10.0. The molecule has 2 aliphatic rings. The van der Waals surface area contributed by atoms with E-state index >= 15 is 0 Å². The Balaban J connectivity index is 1.27. The SMILES string of the molecule is CC1CCCN(c2cc(N3CCCCCC3)nc(NC(=S)NCc3ccc(-c4ccc(Cl)cc4)o3)n2)C1. The van der Waals surface area contributed by atoms with Gasteiger partial charge in [0.25, 0.3) is 0 Å². The molecule has 0 radical (unpaired) electrons. The van der Waals surface area contributed by atoms with E-state index in [2.05, 4.69) is 33.4 Å². The van der Waals surface area contributed by atoms with Gasteiger partial charge in [0.1, 0.15) is 23.2 Å². The van der Waals surface area contributed by atoms with Gasteiger partial charge in [-0.15, -0.1) is 0 Å². The molecule has 4 heterocycles. The first kappa shape index (κ1) is 25.8. The molecule has 2 fully saturated rings. The van der Waals surface area contributed by atoms with Crippen molar-refractivity contribution in [3.63, 3.8) is 0 Å².